The summed E-state index contributed by atoms with van der Waals surface area (Å²) in [5.41, 5.74) is 7.21. The third-order valence-corrected chi connectivity index (χ3v) is 7.28. The highest BCUT2D eigenvalue weighted by Gasteiger charge is 2.33. The second kappa shape index (κ2) is 8.43. The van der Waals surface area contributed by atoms with Crippen LogP contribution in [-0.2, 0) is 0 Å². The predicted octanol–water partition coefficient (Wildman–Crippen LogP) is 6.33. The van der Waals surface area contributed by atoms with Crippen molar-refractivity contribution in [2.45, 2.75) is 41.5 Å². The van der Waals surface area contributed by atoms with Crippen molar-refractivity contribution in [1.29, 1.82) is 0 Å². The van der Waals surface area contributed by atoms with Gasteiger partial charge in [-0.3, -0.25) is 9.59 Å². The van der Waals surface area contributed by atoms with Crippen LogP contribution in [0.1, 0.15) is 54.1 Å². The van der Waals surface area contributed by atoms with Crippen molar-refractivity contribution < 1.29 is 9.59 Å². The van der Waals surface area contributed by atoms with Gasteiger partial charge in [-0.1, -0.05) is 65.7 Å². The van der Waals surface area contributed by atoms with E-state index in [4.69, 9.17) is 0 Å². The Hall–Kier alpha value is -2.57. The van der Waals surface area contributed by atoms with Gasteiger partial charge in [-0.2, -0.15) is 0 Å². The van der Waals surface area contributed by atoms with E-state index in [1.807, 2.05) is 96.1 Å². The topological polar surface area (TPSA) is 34.1 Å². The van der Waals surface area contributed by atoms with E-state index in [9.17, 15) is 9.59 Å². The summed E-state index contributed by atoms with van der Waals surface area (Å²) < 4.78 is 0. The van der Waals surface area contributed by atoms with Gasteiger partial charge in [0.05, 0.1) is 7.92 Å². The number of hydrogen-bond acceptors (Lipinski definition) is 2. The van der Waals surface area contributed by atoms with Crippen molar-refractivity contribution in [3.63, 3.8) is 0 Å². The molecule has 0 saturated heterocycles. The van der Waals surface area contributed by atoms with Gasteiger partial charge in [0.25, 0.3) is 0 Å². The molecule has 0 aromatic heterocycles. The van der Waals surface area contributed by atoms with E-state index >= 15 is 0 Å². The fourth-order valence-corrected chi connectivity index (χ4v) is 6.44. The standard InChI is InChI=1S/C26H27O2P/c1-16-12-18(3)23(19(4)13-16)25(27)29(22-10-8-7-9-11-22)26(28)24-20(5)14-17(2)15-21(24)6/h7-15H,1-6H3. The average molecular weight is 402 g/mol. The molecule has 0 unspecified atom stereocenters. The fraction of sp³-hybridized carbons (Fsp3) is 0.231. The Morgan fingerprint density at radius 2 is 0.931 bits per heavy atom. The molecule has 148 valence electrons. The molecule has 0 radical (unpaired) electrons. The van der Waals surface area contributed by atoms with Gasteiger partial charge in [0.15, 0.2) is 11.0 Å². The number of aryl methyl sites for hydroxylation is 6. The van der Waals surface area contributed by atoms with E-state index in [0.717, 1.165) is 38.7 Å². The lowest BCUT2D eigenvalue weighted by Gasteiger charge is -2.21. The molecule has 0 saturated carbocycles. The Labute approximate surface area is 174 Å². The van der Waals surface area contributed by atoms with Gasteiger partial charge in [0.1, 0.15) is 0 Å². The Bertz CT molecular complexity index is 981. The van der Waals surface area contributed by atoms with E-state index < -0.39 is 7.92 Å². The van der Waals surface area contributed by atoms with E-state index in [1.54, 1.807) is 0 Å². The summed E-state index contributed by atoms with van der Waals surface area (Å²) in [7, 11) is -1.69. The molecule has 0 fully saturated rings. The monoisotopic (exact) mass is 402 g/mol. The quantitative estimate of drug-likeness (QED) is 0.468. The van der Waals surface area contributed by atoms with Crippen LogP contribution in [0.2, 0.25) is 0 Å². The van der Waals surface area contributed by atoms with Crippen molar-refractivity contribution in [3.8, 4) is 0 Å². The van der Waals surface area contributed by atoms with Crippen LogP contribution in [0, 0.1) is 41.5 Å². The third kappa shape index (κ3) is 4.23. The van der Waals surface area contributed by atoms with Gasteiger partial charge >= 0.3 is 0 Å². The fourth-order valence-electron chi connectivity index (χ4n) is 4.16. The molecule has 3 aromatic rings. The summed E-state index contributed by atoms with van der Waals surface area (Å²) in [5.74, 6) is 0. The Balaban J connectivity index is 2.20. The van der Waals surface area contributed by atoms with Crippen LogP contribution in [0.5, 0.6) is 0 Å². The van der Waals surface area contributed by atoms with E-state index in [1.165, 1.54) is 0 Å². The van der Waals surface area contributed by atoms with E-state index in [2.05, 4.69) is 0 Å². The number of carbonyl (C=O) groups excluding carboxylic acids is 2. The minimum Gasteiger partial charge on any atom is -0.288 e. The maximum Gasteiger partial charge on any atom is 0.197 e. The molecule has 0 spiro atoms. The van der Waals surface area contributed by atoms with Gasteiger partial charge in [-0.05, 0) is 69.1 Å². The molecule has 3 rings (SSSR count). The van der Waals surface area contributed by atoms with Crippen LogP contribution in [0.4, 0.5) is 0 Å². The molecule has 3 aromatic carbocycles. The lowest BCUT2D eigenvalue weighted by molar-refractivity contribution is 0.105. The molecule has 0 atom stereocenters. The lowest BCUT2D eigenvalue weighted by Crippen LogP contribution is -2.19. The maximum atomic E-state index is 13.8. The van der Waals surface area contributed by atoms with Crippen molar-refractivity contribution in [2.75, 3.05) is 0 Å². The SMILES string of the molecule is Cc1cc(C)c(C(=O)P(C(=O)c2c(C)cc(C)cc2C)c2ccccc2)c(C)c1. The summed E-state index contributed by atoms with van der Waals surface area (Å²) >= 11 is 0. The van der Waals surface area contributed by atoms with Gasteiger partial charge in [0.2, 0.25) is 0 Å². The zero-order chi connectivity index (χ0) is 21.3. The second-order valence-electron chi connectivity index (χ2n) is 7.83. The van der Waals surface area contributed by atoms with Crippen molar-refractivity contribution in [3.05, 3.63) is 99.1 Å². The molecule has 0 aliphatic heterocycles. The molecular formula is C26H27O2P. The molecule has 29 heavy (non-hydrogen) atoms. The van der Waals surface area contributed by atoms with Crippen molar-refractivity contribution in [1.82, 2.24) is 0 Å². The molecule has 0 amide bonds. The van der Waals surface area contributed by atoms with Gasteiger partial charge in [0, 0.05) is 11.1 Å². The van der Waals surface area contributed by atoms with Crippen molar-refractivity contribution in [2.24, 2.45) is 0 Å². The third-order valence-electron chi connectivity index (χ3n) is 5.20. The summed E-state index contributed by atoms with van der Waals surface area (Å²) in [6.07, 6.45) is 0. The van der Waals surface area contributed by atoms with Crippen LogP contribution in [0.25, 0.3) is 0 Å². The largest absolute Gasteiger partial charge is 0.288 e. The van der Waals surface area contributed by atoms with E-state index in [0.29, 0.717) is 11.1 Å². The highest BCUT2D eigenvalue weighted by Crippen LogP contribution is 2.45. The molecule has 3 heteroatoms. The lowest BCUT2D eigenvalue weighted by atomic mass is 10.0. The first kappa shape index (κ1) is 21.1. The van der Waals surface area contributed by atoms with Gasteiger partial charge in [-0.15, -0.1) is 0 Å². The minimum atomic E-state index is -1.69. The summed E-state index contributed by atoms with van der Waals surface area (Å²) in [4.78, 5) is 27.6. The molecule has 0 aliphatic rings. The molecule has 0 aliphatic carbocycles. The maximum absolute atomic E-state index is 13.8. The van der Waals surface area contributed by atoms with Gasteiger partial charge in [-0.25, -0.2) is 0 Å². The zero-order valence-corrected chi connectivity index (χ0v) is 18.9. The number of carbonyl (C=O) groups is 2. The summed E-state index contributed by atoms with van der Waals surface area (Å²) in [6, 6.07) is 17.6. The van der Waals surface area contributed by atoms with Crippen LogP contribution in [-0.4, -0.2) is 11.0 Å². The smallest absolute Gasteiger partial charge is 0.197 e. The Kier molecular flexibility index (Phi) is 6.15. The van der Waals surface area contributed by atoms with Crippen molar-refractivity contribution >= 4 is 24.3 Å². The summed E-state index contributed by atoms with van der Waals surface area (Å²) in [5, 5.41) is 0.802. The molecule has 0 heterocycles. The first-order chi connectivity index (χ1) is 13.7. The molecular weight excluding hydrogens is 375 g/mol. The summed E-state index contributed by atoms with van der Waals surface area (Å²) in [6.45, 7) is 11.9. The molecule has 0 N–H and O–H groups in total. The number of hydrogen-bond donors (Lipinski definition) is 0. The van der Waals surface area contributed by atoms with Crippen LogP contribution in [0.3, 0.4) is 0 Å². The van der Waals surface area contributed by atoms with Crippen LogP contribution in [0.15, 0.2) is 54.6 Å². The van der Waals surface area contributed by atoms with Crippen LogP contribution < -0.4 is 5.30 Å². The zero-order valence-electron chi connectivity index (χ0n) is 18.0. The van der Waals surface area contributed by atoms with Gasteiger partial charge < -0.3 is 0 Å². The molecule has 0 bridgehead atoms. The predicted molar refractivity (Wildman–Crippen MR) is 123 cm³/mol. The number of benzene rings is 3. The highest BCUT2D eigenvalue weighted by molar-refractivity contribution is 7.96. The normalized spacial score (nSPS) is 11.0. The highest BCUT2D eigenvalue weighted by atomic mass is 31.1. The first-order valence-corrected chi connectivity index (χ1v) is 11.1. The number of rotatable bonds is 5. The average Bonchev–Trinajstić information content (AvgIpc) is 2.61. The minimum absolute atomic E-state index is 0.0643. The first-order valence-electron chi connectivity index (χ1n) is 9.80. The molecule has 2 nitrogen and oxygen atoms in total. The van der Waals surface area contributed by atoms with Crippen LogP contribution >= 0.6 is 7.92 Å². The van der Waals surface area contributed by atoms with E-state index in [-0.39, 0.29) is 11.0 Å². The second-order valence-corrected chi connectivity index (χ2v) is 9.83. The Morgan fingerprint density at radius 1 is 0.586 bits per heavy atom. The Morgan fingerprint density at radius 3 is 1.28 bits per heavy atom.